The van der Waals surface area contributed by atoms with Crippen molar-refractivity contribution in [1.29, 1.82) is 0 Å². The van der Waals surface area contributed by atoms with Gasteiger partial charge in [-0.25, -0.2) is 0 Å². The van der Waals surface area contributed by atoms with Crippen molar-refractivity contribution < 1.29 is 24.4 Å². The van der Waals surface area contributed by atoms with Gasteiger partial charge in [-0.05, 0) is 48.4 Å². The maximum Gasteiger partial charge on any atom is 0.295 e. The van der Waals surface area contributed by atoms with E-state index in [0.717, 1.165) is 25.7 Å². The maximum absolute atomic E-state index is 13.2. The number of ether oxygens (including phenoxy) is 1. The molecule has 1 fully saturated rings. The van der Waals surface area contributed by atoms with Crippen LogP contribution in [0.4, 0.5) is 5.69 Å². The van der Waals surface area contributed by atoms with E-state index < -0.39 is 22.7 Å². The number of rotatable bonds is 19. The molecule has 0 unspecified atom stereocenters. The molecule has 3 rings (SSSR count). The first-order valence-corrected chi connectivity index (χ1v) is 15.6. The summed E-state index contributed by atoms with van der Waals surface area (Å²) < 4.78 is 5.18. The Balaban J connectivity index is 1.59. The topological polar surface area (TPSA) is 110 Å². The number of aliphatic hydroxyl groups is 1. The minimum atomic E-state index is -0.824. The van der Waals surface area contributed by atoms with Crippen molar-refractivity contribution in [2.24, 2.45) is 0 Å². The van der Waals surface area contributed by atoms with Crippen molar-refractivity contribution in [3.63, 3.8) is 0 Å². The SMILES string of the molecule is CCCCCCCCCCCCCCCCN1C(=O)C(=O)C(=C(O)c2ccc(OC)cc2)[C@H]1c1ccc([N+](=O)[O-])cc1. The molecule has 1 N–H and O–H groups in total. The second-order valence-corrected chi connectivity index (χ2v) is 11.2. The molecule has 0 spiro atoms. The second-order valence-electron chi connectivity index (χ2n) is 11.2. The molecule has 2 aromatic rings. The van der Waals surface area contributed by atoms with E-state index in [1.165, 1.54) is 88.4 Å². The molecule has 8 heteroatoms. The molecule has 2 aromatic carbocycles. The van der Waals surface area contributed by atoms with Gasteiger partial charge in [0.15, 0.2) is 0 Å². The van der Waals surface area contributed by atoms with Crippen LogP contribution in [-0.4, -0.2) is 40.3 Å². The molecular weight excluding hydrogens is 532 g/mol. The second kappa shape index (κ2) is 17.3. The van der Waals surface area contributed by atoms with Crippen LogP contribution >= 0.6 is 0 Å². The lowest BCUT2D eigenvalue weighted by Gasteiger charge is -2.25. The fraction of sp³-hybridized carbons (Fsp3) is 0.529. The standard InChI is InChI=1S/C34H46N2O6/c1-3-4-5-6-7-8-9-10-11-12-13-14-15-16-25-35-31(26-17-21-28(22-18-26)36(40)41)30(33(38)34(35)39)32(37)27-19-23-29(42-2)24-20-27/h17-24,31,37H,3-16,25H2,1-2H3/t31-/m1/s1. The van der Waals surface area contributed by atoms with Crippen LogP contribution in [0.25, 0.3) is 5.76 Å². The zero-order valence-electron chi connectivity index (χ0n) is 25.2. The first-order valence-electron chi connectivity index (χ1n) is 15.6. The molecule has 0 aromatic heterocycles. The first kappa shape index (κ1) is 32.8. The summed E-state index contributed by atoms with van der Waals surface area (Å²) in [4.78, 5) is 38.6. The van der Waals surface area contributed by atoms with E-state index >= 15 is 0 Å². The summed E-state index contributed by atoms with van der Waals surface area (Å²) in [6.07, 6.45) is 17.0. The van der Waals surface area contributed by atoms with E-state index in [4.69, 9.17) is 4.74 Å². The van der Waals surface area contributed by atoms with Gasteiger partial charge in [0.2, 0.25) is 0 Å². The van der Waals surface area contributed by atoms with Gasteiger partial charge in [-0.3, -0.25) is 19.7 Å². The summed E-state index contributed by atoms with van der Waals surface area (Å²) in [5.41, 5.74) is 0.833. The third-order valence-corrected chi connectivity index (χ3v) is 8.08. The number of nitrogens with zero attached hydrogens (tertiary/aromatic N) is 2. The van der Waals surface area contributed by atoms with Crippen LogP contribution in [-0.2, 0) is 9.59 Å². The van der Waals surface area contributed by atoms with Crippen molar-refractivity contribution in [1.82, 2.24) is 4.90 Å². The summed E-state index contributed by atoms with van der Waals surface area (Å²) in [5, 5.41) is 22.4. The Kier molecular flexibility index (Phi) is 13.5. The fourth-order valence-electron chi connectivity index (χ4n) is 5.62. The van der Waals surface area contributed by atoms with Crippen LogP contribution in [0.3, 0.4) is 0 Å². The van der Waals surface area contributed by atoms with E-state index in [9.17, 15) is 24.8 Å². The van der Waals surface area contributed by atoms with Gasteiger partial charge in [0.1, 0.15) is 11.5 Å². The predicted octanol–water partition coefficient (Wildman–Crippen LogP) is 8.51. The van der Waals surface area contributed by atoms with Crippen molar-refractivity contribution in [3.8, 4) is 5.75 Å². The summed E-state index contributed by atoms with van der Waals surface area (Å²) in [5.74, 6) is -1.10. The number of carbonyl (C=O) groups is 2. The number of carbonyl (C=O) groups excluding carboxylic acids is 2. The monoisotopic (exact) mass is 578 g/mol. The Labute approximate surface area is 249 Å². The number of methoxy groups -OCH3 is 1. The number of amides is 1. The smallest absolute Gasteiger partial charge is 0.295 e. The molecule has 42 heavy (non-hydrogen) atoms. The highest BCUT2D eigenvalue weighted by molar-refractivity contribution is 6.46. The number of hydrogen-bond donors (Lipinski definition) is 1. The average Bonchev–Trinajstić information content (AvgIpc) is 3.26. The molecule has 1 aliphatic rings. The third kappa shape index (κ3) is 9.16. The zero-order chi connectivity index (χ0) is 30.3. The Bertz CT molecular complexity index is 1190. The summed E-state index contributed by atoms with van der Waals surface area (Å²) in [6, 6.07) is 11.6. The van der Waals surface area contributed by atoms with Crippen LogP contribution in [0.2, 0.25) is 0 Å². The molecule has 1 atom stereocenters. The van der Waals surface area contributed by atoms with Gasteiger partial charge in [0.05, 0.1) is 23.6 Å². The number of unbranched alkanes of at least 4 members (excludes halogenated alkanes) is 13. The zero-order valence-corrected chi connectivity index (χ0v) is 25.2. The number of Topliss-reactive ketones (excluding diaryl/α,β-unsaturated/α-hetero) is 1. The van der Waals surface area contributed by atoms with Crippen molar-refractivity contribution in [2.45, 2.75) is 103 Å². The molecule has 1 heterocycles. The number of ketones is 1. The number of benzene rings is 2. The summed E-state index contributed by atoms with van der Waals surface area (Å²) >= 11 is 0. The summed E-state index contributed by atoms with van der Waals surface area (Å²) in [6.45, 7) is 2.61. The highest BCUT2D eigenvalue weighted by Gasteiger charge is 2.45. The molecule has 0 saturated carbocycles. The predicted molar refractivity (Wildman–Crippen MR) is 165 cm³/mol. The number of nitro groups is 1. The lowest BCUT2D eigenvalue weighted by Crippen LogP contribution is -2.30. The molecular formula is C34H46N2O6. The number of aliphatic hydroxyl groups excluding tert-OH is 1. The van der Waals surface area contributed by atoms with Crippen LogP contribution < -0.4 is 4.74 Å². The third-order valence-electron chi connectivity index (χ3n) is 8.08. The number of hydrogen-bond acceptors (Lipinski definition) is 6. The largest absolute Gasteiger partial charge is 0.507 e. The Morgan fingerprint density at radius 3 is 1.79 bits per heavy atom. The van der Waals surface area contributed by atoms with E-state index in [1.54, 1.807) is 36.4 Å². The van der Waals surface area contributed by atoms with Crippen LogP contribution in [0.1, 0.15) is 114 Å². The van der Waals surface area contributed by atoms with E-state index in [-0.39, 0.29) is 17.0 Å². The van der Waals surface area contributed by atoms with Crippen molar-refractivity contribution in [2.75, 3.05) is 13.7 Å². The van der Waals surface area contributed by atoms with Crippen LogP contribution in [0, 0.1) is 10.1 Å². The lowest BCUT2D eigenvalue weighted by atomic mass is 9.95. The minimum absolute atomic E-state index is 0.00983. The Hall–Kier alpha value is -3.68. The van der Waals surface area contributed by atoms with Gasteiger partial charge >= 0.3 is 0 Å². The molecule has 1 amide bonds. The lowest BCUT2D eigenvalue weighted by molar-refractivity contribution is -0.384. The van der Waals surface area contributed by atoms with Crippen molar-refractivity contribution >= 4 is 23.1 Å². The molecule has 1 aliphatic heterocycles. The van der Waals surface area contributed by atoms with Crippen molar-refractivity contribution in [3.05, 3.63) is 75.3 Å². The first-order chi connectivity index (χ1) is 20.4. The van der Waals surface area contributed by atoms with E-state index in [1.807, 2.05) is 0 Å². The van der Waals surface area contributed by atoms with Gasteiger partial charge in [0.25, 0.3) is 17.4 Å². The molecule has 0 radical (unpaired) electrons. The maximum atomic E-state index is 13.2. The number of likely N-dealkylation sites (tertiary alicyclic amines) is 1. The number of nitro benzene ring substituents is 1. The minimum Gasteiger partial charge on any atom is -0.507 e. The molecule has 0 aliphatic carbocycles. The van der Waals surface area contributed by atoms with Gasteiger partial charge in [-0.2, -0.15) is 0 Å². The van der Waals surface area contributed by atoms with Crippen LogP contribution in [0.15, 0.2) is 54.1 Å². The molecule has 8 nitrogen and oxygen atoms in total. The summed E-state index contributed by atoms with van der Waals surface area (Å²) in [7, 11) is 1.53. The molecule has 0 bridgehead atoms. The van der Waals surface area contributed by atoms with Crippen LogP contribution in [0.5, 0.6) is 5.75 Å². The van der Waals surface area contributed by atoms with Gasteiger partial charge in [-0.15, -0.1) is 0 Å². The van der Waals surface area contributed by atoms with E-state index in [2.05, 4.69) is 6.92 Å². The fourth-order valence-corrected chi connectivity index (χ4v) is 5.62. The van der Waals surface area contributed by atoms with Gasteiger partial charge in [0, 0.05) is 24.2 Å². The van der Waals surface area contributed by atoms with Gasteiger partial charge < -0.3 is 14.7 Å². The molecule has 1 saturated heterocycles. The highest BCUT2D eigenvalue weighted by Crippen LogP contribution is 2.40. The number of non-ortho nitro benzene ring substituents is 1. The normalized spacial score (nSPS) is 16.2. The molecule has 228 valence electrons. The average molecular weight is 579 g/mol. The van der Waals surface area contributed by atoms with Gasteiger partial charge in [-0.1, -0.05) is 90.4 Å². The van der Waals surface area contributed by atoms with E-state index in [0.29, 0.717) is 23.4 Å². The highest BCUT2D eigenvalue weighted by atomic mass is 16.6. The quantitative estimate of drug-likeness (QED) is 0.0447. The Morgan fingerprint density at radius 1 is 0.810 bits per heavy atom. The Morgan fingerprint density at radius 2 is 1.31 bits per heavy atom.